The van der Waals surface area contributed by atoms with Gasteiger partial charge in [0.05, 0.1) is 22.2 Å². The fourth-order valence-electron chi connectivity index (χ4n) is 2.81. The van der Waals surface area contributed by atoms with E-state index < -0.39 is 5.97 Å². The molecule has 5 nitrogen and oxygen atoms in total. The lowest BCUT2D eigenvalue weighted by Gasteiger charge is -2.12. The van der Waals surface area contributed by atoms with Crippen molar-refractivity contribution in [2.45, 2.75) is 6.92 Å². The average Bonchev–Trinajstić information content (AvgIpc) is 2.81. The van der Waals surface area contributed by atoms with E-state index in [1.165, 1.54) is 30.3 Å². The van der Waals surface area contributed by atoms with Crippen LogP contribution in [0.2, 0.25) is 10.0 Å². The van der Waals surface area contributed by atoms with Gasteiger partial charge in [-0.3, -0.25) is 4.79 Å². The Balaban J connectivity index is 1.89. The predicted octanol–water partition coefficient (Wildman–Crippen LogP) is 6.40. The van der Waals surface area contributed by atoms with Crippen LogP contribution in [0.1, 0.15) is 33.2 Å². The molecule has 0 unspecified atom stereocenters. The highest BCUT2D eigenvalue weighted by Crippen LogP contribution is 2.31. The summed E-state index contributed by atoms with van der Waals surface area (Å²) < 4.78 is 11.1. The quantitative estimate of drug-likeness (QED) is 0.132. The summed E-state index contributed by atoms with van der Waals surface area (Å²) in [6.07, 6.45) is 1.46. The van der Waals surface area contributed by atoms with Gasteiger partial charge in [0.25, 0.3) is 0 Å². The number of benzene rings is 3. The van der Waals surface area contributed by atoms with E-state index in [1.54, 1.807) is 49.4 Å². The molecule has 0 saturated carbocycles. The molecule has 0 aliphatic carbocycles. The predicted molar refractivity (Wildman–Crippen MR) is 123 cm³/mol. The van der Waals surface area contributed by atoms with Crippen LogP contribution in [-0.4, -0.2) is 18.4 Å². The Bertz CT molecular complexity index is 1230. The highest BCUT2D eigenvalue weighted by molar-refractivity contribution is 6.42. The van der Waals surface area contributed by atoms with E-state index in [4.69, 9.17) is 32.7 Å². The third kappa shape index (κ3) is 5.55. The topological polar surface area (TPSA) is 76.4 Å². The minimum absolute atomic E-state index is 0.0285. The molecule has 0 bridgehead atoms. The molecular formula is C25H17Cl2NO4. The molecule has 3 aromatic carbocycles. The summed E-state index contributed by atoms with van der Waals surface area (Å²) in [6.45, 7) is 2.10. The van der Waals surface area contributed by atoms with Crippen molar-refractivity contribution in [1.82, 2.24) is 0 Å². The Morgan fingerprint density at radius 1 is 0.938 bits per heavy atom. The smallest absolute Gasteiger partial charge is 0.343 e. The van der Waals surface area contributed by atoms with E-state index >= 15 is 0 Å². The molecule has 0 fully saturated rings. The number of carbonyl (C=O) groups excluding carboxylic acids is 2. The van der Waals surface area contributed by atoms with Gasteiger partial charge in [0, 0.05) is 5.56 Å². The Morgan fingerprint density at radius 2 is 1.69 bits per heavy atom. The summed E-state index contributed by atoms with van der Waals surface area (Å²) in [5.41, 5.74) is 1.16. The summed E-state index contributed by atoms with van der Waals surface area (Å²) >= 11 is 11.9. The van der Waals surface area contributed by atoms with Gasteiger partial charge in [-0.2, -0.15) is 5.26 Å². The van der Waals surface area contributed by atoms with E-state index in [0.717, 1.165) is 0 Å². The van der Waals surface area contributed by atoms with Gasteiger partial charge >= 0.3 is 5.97 Å². The Kier molecular flexibility index (Phi) is 7.67. The number of nitrogens with zero attached hydrogens (tertiary/aromatic N) is 1. The van der Waals surface area contributed by atoms with Crippen LogP contribution in [0.4, 0.5) is 0 Å². The monoisotopic (exact) mass is 465 g/mol. The van der Waals surface area contributed by atoms with Crippen molar-refractivity contribution in [3.63, 3.8) is 0 Å². The fraction of sp³-hybridized carbons (Fsp3) is 0.0800. The van der Waals surface area contributed by atoms with Crippen molar-refractivity contribution in [3.05, 3.63) is 99.0 Å². The first-order valence-corrected chi connectivity index (χ1v) is 10.3. The van der Waals surface area contributed by atoms with Crippen molar-refractivity contribution in [3.8, 4) is 17.6 Å². The number of ether oxygens (including phenoxy) is 2. The Hall–Kier alpha value is -3.59. The first-order valence-electron chi connectivity index (χ1n) is 9.58. The number of rotatable bonds is 7. The van der Waals surface area contributed by atoms with E-state index in [2.05, 4.69) is 0 Å². The number of carbonyl (C=O) groups is 2. The molecule has 0 aromatic heterocycles. The minimum atomic E-state index is -0.634. The Morgan fingerprint density at radius 3 is 2.34 bits per heavy atom. The first-order chi connectivity index (χ1) is 15.4. The molecule has 0 heterocycles. The number of halogens is 2. The molecule has 0 spiro atoms. The van der Waals surface area contributed by atoms with E-state index in [-0.39, 0.29) is 27.7 Å². The zero-order valence-electron chi connectivity index (χ0n) is 17.0. The number of nitriles is 1. The zero-order chi connectivity index (χ0) is 23.1. The fourth-order valence-corrected chi connectivity index (χ4v) is 3.11. The van der Waals surface area contributed by atoms with Gasteiger partial charge in [0.15, 0.2) is 11.5 Å². The van der Waals surface area contributed by atoms with Gasteiger partial charge in [-0.05, 0) is 48.9 Å². The van der Waals surface area contributed by atoms with Gasteiger partial charge in [0.1, 0.15) is 11.6 Å². The van der Waals surface area contributed by atoms with E-state index in [9.17, 15) is 14.9 Å². The molecule has 32 heavy (non-hydrogen) atoms. The van der Waals surface area contributed by atoms with Crippen LogP contribution in [0.25, 0.3) is 6.08 Å². The van der Waals surface area contributed by atoms with Crippen LogP contribution in [0.5, 0.6) is 11.5 Å². The van der Waals surface area contributed by atoms with Crippen LogP contribution in [0.3, 0.4) is 0 Å². The first kappa shape index (κ1) is 23.1. The SMILES string of the molecule is CCOc1cc(/C=C(\C#N)C(=O)c2ccccc2)ccc1OC(=O)c1ccc(Cl)c(Cl)c1. The van der Waals surface area contributed by atoms with Gasteiger partial charge in [0.2, 0.25) is 5.78 Å². The van der Waals surface area contributed by atoms with Crippen molar-refractivity contribution in [1.29, 1.82) is 5.26 Å². The number of allylic oxidation sites excluding steroid dienone is 1. The molecule has 0 saturated heterocycles. The number of Topliss-reactive ketones (excluding diaryl/α,β-unsaturated/α-hetero) is 1. The summed E-state index contributed by atoms with van der Waals surface area (Å²) in [4.78, 5) is 25.1. The summed E-state index contributed by atoms with van der Waals surface area (Å²) in [5.74, 6) is -0.543. The minimum Gasteiger partial charge on any atom is -0.490 e. The molecule has 7 heteroatoms. The molecule has 160 valence electrons. The summed E-state index contributed by atoms with van der Waals surface area (Å²) in [6, 6.07) is 19.6. The van der Waals surface area contributed by atoms with Crippen LogP contribution >= 0.6 is 23.2 Å². The van der Waals surface area contributed by atoms with Crippen LogP contribution < -0.4 is 9.47 Å². The second-order valence-corrected chi connectivity index (χ2v) is 7.34. The van der Waals surface area contributed by atoms with Crippen molar-refractivity contribution in [2.24, 2.45) is 0 Å². The number of esters is 1. The molecule has 0 aliphatic heterocycles. The van der Waals surface area contributed by atoms with E-state index in [1.807, 2.05) is 6.07 Å². The van der Waals surface area contributed by atoms with Gasteiger partial charge < -0.3 is 9.47 Å². The standard InChI is InChI=1S/C25H17Cl2NO4/c1-2-31-23-13-16(12-19(15-28)24(29)17-6-4-3-5-7-17)8-11-22(23)32-25(30)18-9-10-20(26)21(27)14-18/h3-14H,2H2,1H3/b19-12+. The molecule has 3 aromatic rings. The molecule has 0 radical (unpaired) electrons. The zero-order valence-corrected chi connectivity index (χ0v) is 18.5. The van der Waals surface area contributed by atoms with Gasteiger partial charge in [-0.25, -0.2) is 4.79 Å². The Labute approximate surface area is 195 Å². The van der Waals surface area contributed by atoms with Crippen molar-refractivity contribution < 1.29 is 19.1 Å². The molecule has 0 N–H and O–H groups in total. The maximum atomic E-state index is 12.6. The lowest BCUT2D eigenvalue weighted by atomic mass is 10.0. The van der Waals surface area contributed by atoms with Crippen LogP contribution in [0.15, 0.2) is 72.3 Å². The largest absolute Gasteiger partial charge is 0.490 e. The van der Waals surface area contributed by atoms with Crippen LogP contribution in [-0.2, 0) is 0 Å². The van der Waals surface area contributed by atoms with Crippen molar-refractivity contribution >= 4 is 41.0 Å². The lowest BCUT2D eigenvalue weighted by Crippen LogP contribution is -2.10. The number of ketones is 1. The normalized spacial score (nSPS) is 10.9. The molecular weight excluding hydrogens is 449 g/mol. The third-order valence-corrected chi connectivity index (χ3v) is 5.08. The third-order valence-electron chi connectivity index (χ3n) is 4.34. The average molecular weight is 466 g/mol. The second-order valence-electron chi connectivity index (χ2n) is 6.52. The molecule has 0 atom stereocenters. The van der Waals surface area contributed by atoms with Crippen LogP contribution in [0, 0.1) is 11.3 Å². The second kappa shape index (κ2) is 10.6. The maximum absolute atomic E-state index is 12.6. The molecule has 0 aliphatic rings. The highest BCUT2D eigenvalue weighted by atomic mass is 35.5. The van der Waals surface area contributed by atoms with Crippen molar-refractivity contribution in [2.75, 3.05) is 6.61 Å². The number of hydrogen-bond donors (Lipinski definition) is 0. The summed E-state index contributed by atoms with van der Waals surface area (Å²) in [5, 5.41) is 10.0. The molecule has 0 amide bonds. The lowest BCUT2D eigenvalue weighted by molar-refractivity contribution is 0.0728. The molecule has 3 rings (SSSR count). The summed E-state index contributed by atoms with van der Waals surface area (Å²) in [7, 11) is 0. The number of hydrogen-bond acceptors (Lipinski definition) is 5. The van der Waals surface area contributed by atoms with E-state index in [0.29, 0.717) is 28.5 Å². The maximum Gasteiger partial charge on any atom is 0.343 e. The van der Waals surface area contributed by atoms with Gasteiger partial charge in [-0.1, -0.05) is 59.6 Å². The van der Waals surface area contributed by atoms with Gasteiger partial charge in [-0.15, -0.1) is 0 Å². The highest BCUT2D eigenvalue weighted by Gasteiger charge is 2.16.